The summed E-state index contributed by atoms with van der Waals surface area (Å²) in [7, 11) is 1.67. The van der Waals surface area contributed by atoms with Gasteiger partial charge in [-0.3, -0.25) is 9.48 Å². The minimum absolute atomic E-state index is 0. The third kappa shape index (κ3) is 5.97. The second kappa shape index (κ2) is 10.3. The van der Waals surface area contributed by atoms with Crippen molar-refractivity contribution >= 4 is 18.3 Å². The van der Waals surface area contributed by atoms with Gasteiger partial charge in [0.2, 0.25) is 0 Å². The van der Waals surface area contributed by atoms with Gasteiger partial charge in [0.05, 0.1) is 13.2 Å². The first kappa shape index (κ1) is 21.3. The number of rotatable bonds is 7. The van der Waals surface area contributed by atoms with E-state index in [9.17, 15) is 4.79 Å². The first-order valence-electron chi connectivity index (χ1n) is 9.32. The summed E-state index contributed by atoms with van der Waals surface area (Å²) < 4.78 is 7.10. The number of nitrogens with one attached hydrogen (secondary N) is 2. The number of halogens is 1. The van der Waals surface area contributed by atoms with E-state index in [2.05, 4.69) is 34.8 Å². The van der Waals surface area contributed by atoms with Gasteiger partial charge in [0.15, 0.2) is 0 Å². The van der Waals surface area contributed by atoms with E-state index in [0.717, 1.165) is 38.1 Å². The predicted octanol–water partition coefficient (Wildman–Crippen LogP) is 2.85. The number of amides is 1. The topological polar surface area (TPSA) is 68.2 Å². The Labute approximate surface area is 167 Å². The highest BCUT2D eigenvalue weighted by Gasteiger charge is 2.18. The lowest BCUT2D eigenvalue weighted by molar-refractivity contribution is 0.0941. The Morgan fingerprint density at radius 2 is 2.15 bits per heavy atom. The Balaban J connectivity index is 0.00000261. The lowest BCUT2D eigenvalue weighted by atomic mass is 10.0. The molecular weight excluding hydrogens is 364 g/mol. The van der Waals surface area contributed by atoms with Crippen molar-refractivity contribution in [2.24, 2.45) is 5.92 Å². The largest absolute Gasteiger partial charge is 0.497 e. The average molecular weight is 393 g/mol. The second-order valence-corrected chi connectivity index (χ2v) is 7.05. The van der Waals surface area contributed by atoms with Gasteiger partial charge in [-0.15, -0.1) is 12.4 Å². The summed E-state index contributed by atoms with van der Waals surface area (Å²) in [4.78, 5) is 12.4. The highest BCUT2D eigenvalue weighted by molar-refractivity contribution is 5.92. The Hall–Kier alpha value is -2.05. The predicted molar refractivity (Wildman–Crippen MR) is 109 cm³/mol. The third-order valence-corrected chi connectivity index (χ3v) is 4.84. The number of piperidine rings is 1. The van der Waals surface area contributed by atoms with Gasteiger partial charge >= 0.3 is 0 Å². The molecule has 0 radical (unpaired) electrons. The maximum atomic E-state index is 12.4. The Morgan fingerprint density at radius 3 is 2.81 bits per heavy atom. The van der Waals surface area contributed by atoms with Crippen molar-refractivity contribution in [2.75, 3.05) is 26.7 Å². The number of carbonyl (C=O) groups excluding carboxylic acids is 1. The molecule has 27 heavy (non-hydrogen) atoms. The standard InChI is InChI=1S/C20H28N4O2.ClH/c1-15(12-16-5-7-18(26-2)8-6-16)13-22-20(25)19-9-11-24(23-19)17-4-3-10-21-14-17;/h5-9,11,15,17,21H,3-4,10,12-14H2,1-2H3,(H,22,25);1H. The summed E-state index contributed by atoms with van der Waals surface area (Å²) in [5, 5.41) is 10.8. The van der Waals surface area contributed by atoms with Gasteiger partial charge in [0.1, 0.15) is 11.4 Å². The molecule has 1 saturated heterocycles. The van der Waals surface area contributed by atoms with Crippen LogP contribution in [0.4, 0.5) is 0 Å². The Morgan fingerprint density at radius 1 is 1.37 bits per heavy atom. The van der Waals surface area contributed by atoms with Gasteiger partial charge in [-0.25, -0.2) is 0 Å². The quantitative estimate of drug-likeness (QED) is 0.760. The maximum Gasteiger partial charge on any atom is 0.271 e. The average Bonchev–Trinajstić information content (AvgIpc) is 3.18. The van der Waals surface area contributed by atoms with Crippen LogP contribution in [-0.4, -0.2) is 42.4 Å². The van der Waals surface area contributed by atoms with Gasteiger partial charge in [0, 0.05) is 19.3 Å². The molecule has 1 aliphatic heterocycles. The summed E-state index contributed by atoms with van der Waals surface area (Å²) in [6, 6.07) is 10.2. The van der Waals surface area contributed by atoms with E-state index in [1.165, 1.54) is 5.56 Å². The van der Waals surface area contributed by atoms with Crippen LogP contribution in [0.2, 0.25) is 0 Å². The molecule has 2 aromatic rings. The highest BCUT2D eigenvalue weighted by atomic mass is 35.5. The first-order chi connectivity index (χ1) is 12.7. The van der Waals surface area contributed by atoms with Gasteiger partial charge in [-0.2, -0.15) is 5.10 Å². The lowest BCUT2D eigenvalue weighted by Gasteiger charge is -2.22. The molecule has 0 spiro atoms. The number of hydrogen-bond acceptors (Lipinski definition) is 4. The number of methoxy groups -OCH3 is 1. The molecule has 2 heterocycles. The van der Waals surface area contributed by atoms with E-state index in [0.29, 0.717) is 24.2 Å². The van der Waals surface area contributed by atoms with Gasteiger partial charge in [0.25, 0.3) is 5.91 Å². The smallest absolute Gasteiger partial charge is 0.271 e. The minimum Gasteiger partial charge on any atom is -0.497 e. The number of nitrogens with zero attached hydrogens (tertiary/aromatic N) is 2. The summed E-state index contributed by atoms with van der Waals surface area (Å²) in [5.74, 6) is 1.10. The molecule has 148 valence electrons. The van der Waals surface area contributed by atoms with Crippen LogP contribution in [-0.2, 0) is 6.42 Å². The molecule has 0 bridgehead atoms. The summed E-state index contributed by atoms with van der Waals surface area (Å²) in [6.07, 6.45) is 5.07. The fourth-order valence-corrected chi connectivity index (χ4v) is 3.32. The number of benzene rings is 1. The van der Waals surface area contributed by atoms with Crippen LogP contribution in [0.5, 0.6) is 5.75 Å². The molecule has 1 aliphatic rings. The number of ether oxygens (including phenoxy) is 1. The normalized spacial score (nSPS) is 17.6. The lowest BCUT2D eigenvalue weighted by Crippen LogP contribution is -2.32. The molecule has 0 saturated carbocycles. The molecule has 1 amide bonds. The van der Waals surface area contributed by atoms with Crippen LogP contribution in [0.3, 0.4) is 0 Å². The van der Waals surface area contributed by atoms with Crippen LogP contribution >= 0.6 is 12.4 Å². The monoisotopic (exact) mass is 392 g/mol. The zero-order valence-electron chi connectivity index (χ0n) is 16.0. The number of carbonyl (C=O) groups is 1. The Bertz CT molecular complexity index is 711. The molecular formula is C20H29ClN4O2. The van der Waals surface area contributed by atoms with Crippen LogP contribution in [0.1, 0.15) is 41.9 Å². The molecule has 1 fully saturated rings. The first-order valence-corrected chi connectivity index (χ1v) is 9.32. The van der Waals surface area contributed by atoms with E-state index < -0.39 is 0 Å². The molecule has 0 aliphatic carbocycles. The SMILES string of the molecule is COc1ccc(CC(C)CNC(=O)c2ccn(C3CCCNC3)n2)cc1.Cl. The van der Waals surface area contributed by atoms with Crippen molar-refractivity contribution in [3.63, 3.8) is 0 Å². The van der Waals surface area contributed by atoms with E-state index in [-0.39, 0.29) is 18.3 Å². The molecule has 1 aromatic heterocycles. The van der Waals surface area contributed by atoms with Gasteiger partial charge in [-0.05, 0) is 55.5 Å². The third-order valence-electron chi connectivity index (χ3n) is 4.84. The van der Waals surface area contributed by atoms with Crippen molar-refractivity contribution in [1.82, 2.24) is 20.4 Å². The summed E-state index contributed by atoms with van der Waals surface area (Å²) >= 11 is 0. The minimum atomic E-state index is -0.103. The molecule has 2 N–H and O–H groups in total. The molecule has 1 aromatic carbocycles. The van der Waals surface area contributed by atoms with Crippen molar-refractivity contribution in [3.05, 3.63) is 47.8 Å². The van der Waals surface area contributed by atoms with Crippen LogP contribution in [0, 0.1) is 5.92 Å². The Kier molecular flexibility index (Phi) is 8.13. The van der Waals surface area contributed by atoms with E-state index in [4.69, 9.17) is 4.74 Å². The van der Waals surface area contributed by atoms with Crippen LogP contribution < -0.4 is 15.4 Å². The van der Waals surface area contributed by atoms with Crippen molar-refractivity contribution < 1.29 is 9.53 Å². The van der Waals surface area contributed by atoms with Crippen molar-refractivity contribution in [2.45, 2.75) is 32.2 Å². The van der Waals surface area contributed by atoms with Crippen LogP contribution in [0.25, 0.3) is 0 Å². The van der Waals surface area contributed by atoms with E-state index in [1.807, 2.05) is 23.0 Å². The molecule has 2 unspecified atom stereocenters. The highest BCUT2D eigenvalue weighted by Crippen LogP contribution is 2.16. The summed E-state index contributed by atoms with van der Waals surface area (Å²) in [6.45, 7) is 4.75. The zero-order chi connectivity index (χ0) is 18.4. The molecule has 7 heteroatoms. The zero-order valence-corrected chi connectivity index (χ0v) is 16.8. The maximum absolute atomic E-state index is 12.4. The number of hydrogen-bond donors (Lipinski definition) is 2. The number of aromatic nitrogens is 2. The van der Waals surface area contributed by atoms with Crippen LogP contribution in [0.15, 0.2) is 36.5 Å². The van der Waals surface area contributed by atoms with Crippen molar-refractivity contribution in [1.29, 1.82) is 0 Å². The molecule has 2 atom stereocenters. The van der Waals surface area contributed by atoms with E-state index >= 15 is 0 Å². The fourth-order valence-electron chi connectivity index (χ4n) is 3.32. The summed E-state index contributed by atoms with van der Waals surface area (Å²) in [5.41, 5.74) is 1.73. The molecule has 6 nitrogen and oxygen atoms in total. The fraction of sp³-hybridized carbons (Fsp3) is 0.500. The molecule has 3 rings (SSSR count). The second-order valence-electron chi connectivity index (χ2n) is 7.05. The van der Waals surface area contributed by atoms with E-state index in [1.54, 1.807) is 13.2 Å². The van der Waals surface area contributed by atoms with Crippen molar-refractivity contribution in [3.8, 4) is 5.75 Å². The van der Waals surface area contributed by atoms with Gasteiger partial charge in [-0.1, -0.05) is 19.1 Å². The van der Waals surface area contributed by atoms with Gasteiger partial charge < -0.3 is 15.4 Å².